The molecule has 1 unspecified atom stereocenters. The number of nitrogens with one attached hydrogen (secondary N) is 1. The predicted molar refractivity (Wildman–Crippen MR) is 84.8 cm³/mol. The number of carbonyl (C=O) groups excluding carboxylic acids is 1. The van der Waals surface area contributed by atoms with E-state index in [0.717, 1.165) is 11.4 Å². The lowest BCUT2D eigenvalue weighted by Gasteiger charge is -2.19. The molecule has 0 fully saturated rings. The van der Waals surface area contributed by atoms with Gasteiger partial charge in [0.2, 0.25) is 0 Å². The Hall–Kier alpha value is -1.28. The van der Waals surface area contributed by atoms with Gasteiger partial charge in [0, 0.05) is 5.66 Å². The molecule has 112 valence electrons. The fraction of sp³-hybridized carbons (Fsp3) is 0.533. The van der Waals surface area contributed by atoms with Crippen molar-refractivity contribution >= 4 is 20.5 Å². The van der Waals surface area contributed by atoms with Gasteiger partial charge in [0.15, 0.2) is 0 Å². The summed E-state index contributed by atoms with van der Waals surface area (Å²) in [6.07, 6.45) is -0.110. The van der Waals surface area contributed by atoms with Gasteiger partial charge in [-0.2, -0.15) is 0 Å². The van der Waals surface area contributed by atoms with E-state index in [2.05, 4.69) is 19.2 Å². The second-order valence-corrected chi connectivity index (χ2v) is 6.82. The van der Waals surface area contributed by atoms with Crippen molar-refractivity contribution < 1.29 is 14.1 Å². The Morgan fingerprint density at radius 2 is 1.80 bits per heavy atom. The van der Waals surface area contributed by atoms with Gasteiger partial charge < -0.3 is 14.6 Å². The highest BCUT2D eigenvalue weighted by Gasteiger charge is 2.17. The molecular weight excluding hydrogens is 273 g/mol. The molecule has 0 saturated heterocycles. The van der Waals surface area contributed by atoms with E-state index in [9.17, 15) is 4.79 Å². The Bertz CT molecular complexity index is 435. The summed E-state index contributed by atoms with van der Waals surface area (Å²) in [5.74, 6) is 0.504. The van der Waals surface area contributed by atoms with Gasteiger partial charge >= 0.3 is 5.97 Å². The van der Waals surface area contributed by atoms with Crippen molar-refractivity contribution in [1.29, 1.82) is 0 Å². The fourth-order valence-electron chi connectivity index (χ4n) is 1.48. The Morgan fingerprint density at radius 1 is 1.15 bits per heavy atom. The maximum Gasteiger partial charge on any atom is 0.328 e. The Kier molecular flexibility index (Phi) is 6.80. The number of hydrogen-bond acceptors (Lipinski definition) is 4. The van der Waals surface area contributed by atoms with Gasteiger partial charge in [0.1, 0.15) is 11.8 Å². The minimum atomic E-state index is -0.412. The topological polar surface area (TPSA) is 47.6 Å². The van der Waals surface area contributed by atoms with Gasteiger partial charge in [0.05, 0.1) is 20.6 Å². The molecule has 0 heterocycles. The summed E-state index contributed by atoms with van der Waals surface area (Å²) in [5.41, 5.74) is 1.29. The van der Waals surface area contributed by atoms with Gasteiger partial charge in [-0.15, -0.1) is 0 Å². The van der Waals surface area contributed by atoms with Crippen LogP contribution in [-0.2, 0) is 9.53 Å². The Morgan fingerprint density at radius 3 is 2.40 bits per heavy atom. The zero-order chi connectivity index (χ0) is 15.1. The molecule has 1 aromatic rings. The molecule has 0 amide bonds. The molecule has 0 radical (unpaired) electrons. The van der Waals surface area contributed by atoms with E-state index in [1.807, 2.05) is 38.1 Å². The van der Waals surface area contributed by atoms with E-state index in [0.29, 0.717) is 14.5 Å². The average molecular weight is 297 g/mol. The molecule has 20 heavy (non-hydrogen) atoms. The van der Waals surface area contributed by atoms with E-state index in [-0.39, 0.29) is 12.1 Å². The molecule has 1 aromatic carbocycles. The van der Waals surface area contributed by atoms with E-state index >= 15 is 0 Å². The van der Waals surface area contributed by atoms with E-state index < -0.39 is 6.04 Å². The zero-order valence-corrected chi connectivity index (χ0v) is 13.8. The third-order valence-corrected chi connectivity index (χ3v) is 3.18. The normalized spacial score (nSPS) is 12.9. The predicted octanol–water partition coefficient (Wildman–Crippen LogP) is 3.82. The molecule has 0 saturated carbocycles. The first-order chi connectivity index (χ1) is 9.40. The van der Waals surface area contributed by atoms with Crippen LogP contribution in [0, 0.1) is 0 Å². The number of hydrogen-bond donors (Lipinski definition) is 1. The minimum absolute atomic E-state index is 0.110. The molecule has 2 atom stereocenters. The van der Waals surface area contributed by atoms with Gasteiger partial charge in [-0.25, -0.2) is 4.79 Å². The van der Waals surface area contributed by atoms with Crippen molar-refractivity contribution in [2.45, 2.75) is 52.4 Å². The van der Waals surface area contributed by atoms with E-state index in [1.165, 1.54) is 0 Å². The molecule has 5 heteroatoms. The van der Waals surface area contributed by atoms with Crippen molar-refractivity contribution in [3.8, 4) is 5.75 Å². The van der Waals surface area contributed by atoms with Crippen LogP contribution in [0.2, 0.25) is 0 Å². The SMILES string of the molecule is CC(C)OC(=O)[C@@H](C)Nc1ccccc1OPC(C)C. The van der Waals surface area contributed by atoms with E-state index in [4.69, 9.17) is 9.26 Å². The number of carbonyl (C=O) groups is 1. The smallest absolute Gasteiger partial charge is 0.328 e. The summed E-state index contributed by atoms with van der Waals surface area (Å²) in [7, 11) is 0.394. The third-order valence-electron chi connectivity index (χ3n) is 2.37. The van der Waals surface area contributed by atoms with Gasteiger partial charge in [-0.1, -0.05) is 26.0 Å². The summed E-state index contributed by atoms with van der Waals surface area (Å²) in [6, 6.07) is 7.22. The van der Waals surface area contributed by atoms with Crippen molar-refractivity contribution in [3.63, 3.8) is 0 Å². The lowest BCUT2D eigenvalue weighted by Crippen LogP contribution is -2.30. The van der Waals surface area contributed by atoms with Gasteiger partial charge in [0.25, 0.3) is 0 Å². The molecule has 4 nitrogen and oxygen atoms in total. The molecule has 0 aliphatic rings. The van der Waals surface area contributed by atoms with Crippen LogP contribution < -0.4 is 9.84 Å². The summed E-state index contributed by atoms with van der Waals surface area (Å²) < 4.78 is 11.0. The molecule has 0 spiro atoms. The number of rotatable bonds is 7. The first kappa shape index (κ1) is 16.8. The monoisotopic (exact) mass is 297 g/mol. The lowest BCUT2D eigenvalue weighted by atomic mass is 10.2. The van der Waals surface area contributed by atoms with Gasteiger partial charge in [-0.05, 0) is 32.9 Å². The molecule has 0 aromatic heterocycles. The highest BCUT2D eigenvalue weighted by Crippen LogP contribution is 2.31. The minimum Gasteiger partial charge on any atom is -0.475 e. The van der Waals surface area contributed by atoms with Crippen LogP contribution in [-0.4, -0.2) is 23.8 Å². The highest BCUT2D eigenvalue weighted by molar-refractivity contribution is 7.33. The quantitative estimate of drug-likeness (QED) is 0.614. The number of esters is 1. The Labute approximate surface area is 123 Å². The third kappa shape index (κ3) is 5.79. The molecular formula is C15H24NO3P. The fourth-order valence-corrected chi connectivity index (χ4v) is 2.02. The largest absolute Gasteiger partial charge is 0.475 e. The molecule has 0 aliphatic heterocycles. The van der Waals surface area contributed by atoms with Crippen LogP contribution in [0.4, 0.5) is 5.69 Å². The summed E-state index contributed by atoms with van der Waals surface area (Å²) in [6.45, 7) is 9.68. The van der Waals surface area contributed by atoms with Crippen LogP contribution in [0.5, 0.6) is 5.75 Å². The lowest BCUT2D eigenvalue weighted by molar-refractivity contribution is -0.147. The van der Waals surface area contributed by atoms with Crippen LogP contribution in [0.1, 0.15) is 34.6 Å². The maximum absolute atomic E-state index is 11.8. The Balaban J connectivity index is 2.69. The first-order valence-electron chi connectivity index (χ1n) is 6.88. The number of ether oxygens (including phenoxy) is 1. The van der Waals surface area contributed by atoms with Crippen molar-refractivity contribution in [3.05, 3.63) is 24.3 Å². The molecule has 0 bridgehead atoms. The summed E-state index contributed by atoms with van der Waals surface area (Å²) in [4.78, 5) is 11.8. The molecule has 1 N–H and O–H groups in total. The van der Waals surface area contributed by atoms with Crippen molar-refractivity contribution in [2.75, 3.05) is 5.32 Å². The number of para-hydroxylation sites is 2. The maximum atomic E-state index is 11.8. The summed E-state index contributed by atoms with van der Waals surface area (Å²) in [5, 5.41) is 3.14. The number of benzene rings is 1. The second kappa shape index (κ2) is 8.11. The first-order valence-corrected chi connectivity index (χ1v) is 7.87. The number of anilines is 1. The van der Waals surface area contributed by atoms with Gasteiger partial charge in [-0.3, -0.25) is 0 Å². The van der Waals surface area contributed by atoms with Crippen LogP contribution in [0.25, 0.3) is 0 Å². The van der Waals surface area contributed by atoms with E-state index in [1.54, 1.807) is 6.92 Å². The summed E-state index contributed by atoms with van der Waals surface area (Å²) >= 11 is 0. The average Bonchev–Trinajstić information content (AvgIpc) is 2.36. The standard InChI is InChI=1S/C15H24NO3P/c1-10(2)18-15(17)12(5)16-13-8-6-7-9-14(13)19-20-11(3)4/h6-12,16,20H,1-5H3/t12-/m1/s1. The van der Waals surface area contributed by atoms with Crippen LogP contribution >= 0.6 is 8.81 Å². The van der Waals surface area contributed by atoms with Crippen LogP contribution in [0.3, 0.4) is 0 Å². The highest BCUT2D eigenvalue weighted by atomic mass is 31.1. The van der Waals surface area contributed by atoms with Crippen molar-refractivity contribution in [1.82, 2.24) is 0 Å². The zero-order valence-electron chi connectivity index (χ0n) is 12.8. The molecule has 0 aliphatic carbocycles. The van der Waals surface area contributed by atoms with Crippen LogP contribution in [0.15, 0.2) is 24.3 Å². The second-order valence-electron chi connectivity index (χ2n) is 5.22. The molecule has 1 rings (SSSR count). The van der Waals surface area contributed by atoms with Crippen molar-refractivity contribution in [2.24, 2.45) is 0 Å².